The molecule has 7 nitrogen and oxygen atoms in total. The minimum atomic E-state index is -1.63. The van der Waals surface area contributed by atoms with Gasteiger partial charge < -0.3 is 14.4 Å². The molecule has 2 heterocycles. The fourth-order valence-electron chi connectivity index (χ4n) is 7.31. The SMILES string of the molecule is CCOc1ccccc1[C@H]1[C@H](C(=O)c2ccc(OC(C)=O)cc2)N2c3ccccc3C=C[C@@H]2C12C(=O)c1ccccc1C2=O. The van der Waals surface area contributed by atoms with Crippen LogP contribution in [0, 0.1) is 5.41 Å². The number of ether oxygens (including phenoxy) is 2. The summed E-state index contributed by atoms with van der Waals surface area (Å²) in [6.07, 6.45) is 3.84. The van der Waals surface area contributed by atoms with Gasteiger partial charge >= 0.3 is 5.97 Å². The third kappa shape index (κ3) is 3.89. The number of hydrogen-bond acceptors (Lipinski definition) is 7. The Labute approximate surface area is 254 Å². The first-order valence-electron chi connectivity index (χ1n) is 14.7. The summed E-state index contributed by atoms with van der Waals surface area (Å²) < 4.78 is 11.3. The van der Waals surface area contributed by atoms with Gasteiger partial charge in [-0.15, -0.1) is 0 Å². The minimum absolute atomic E-state index is 0.265. The molecule has 3 atom stereocenters. The predicted octanol–water partition coefficient (Wildman–Crippen LogP) is 6.33. The molecule has 7 heteroatoms. The van der Waals surface area contributed by atoms with E-state index in [9.17, 15) is 19.2 Å². The summed E-state index contributed by atoms with van der Waals surface area (Å²) >= 11 is 0. The molecule has 1 fully saturated rings. The van der Waals surface area contributed by atoms with Crippen LogP contribution in [-0.2, 0) is 4.79 Å². The molecule has 4 aromatic rings. The number of hydrogen-bond donors (Lipinski definition) is 0. The molecule has 0 N–H and O–H groups in total. The maximum atomic E-state index is 14.9. The van der Waals surface area contributed by atoms with Crippen molar-refractivity contribution < 1.29 is 28.7 Å². The van der Waals surface area contributed by atoms with Crippen LogP contribution < -0.4 is 14.4 Å². The molecule has 2 aliphatic heterocycles. The van der Waals surface area contributed by atoms with E-state index in [1.807, 2.05) is 72.5 Å². The number of fused-ring (bicyclic) bond motifs is 5. The van der Waals surface area contributed by atoms with Crippen LogP contribution in [0.25, 0.3) is 6.08 Å². The van der Waals surface area contributed by atoms with Crippen molar-refractivity contribution in [2.45, 2.75) is 31.8 Å². The molecular weight excluding hydrogens is 554 g/mol. The van der Waals surface area contributed by atoms with Crippen molar-refractivity contribution in [2.24, 2.45) is 5.41 Å². The third-order valence-corrected chi connectivity index (χ3v) is 8.94. The number of nitrogens with zero attached hydrogens (tertiary/aromatic N) is 1. The maximum absolute atomic E-state index is 14.9. The number of benzene rings is 4. The predicted molar refractivity (Wildman–Crippen MR) is 166 cm³/mol. The van der Waals surface area contributed by atoms with Gasteiger partial charge in [0, 0.05) is 40.8 Å². The molecule has 0 unspecified atom stereocenters. The van der Waals surface area contributed by atoms with Crippen LogP contribution in [0.2, 0.25) is 0 Å². The molecule has 0 aromatic heterocycles. The van der Waals surface area contributed by atoms with E-state index in [1.54, 1.807) is 48.5 Å². The number of carbonyl (C=O) groups is 4. The molecule has 7 rings (SSSR count). The van der Waals surface area contributed by atoms with Gasteiger partial charge in [0.05, 0.1) is 12.6 Å². The molecule has 44 heavy (non-hydrogen) atoms. The monoisotopic (exact) mass is 583 g/mol. The second-order valence-corrected chi connectivity index (χ2v) is 11.2. The summed E-state index contributed by atoms with van der Waals surface area (Å²) in [6.45, 7) is 3.55. The normalized spacial score (nSPS) is 20.7. The van der Waals surface area contributed by atoms with E-state index >= 15 is 0 Å². The smallest absolute Gasteiger partial charge is 0.308 e. The fourth-order valence-corrected chi connectivity index (χ4v) is 7.31. The average Bonchev–Trinajstić information content (AvgIpc) is 3.47. The zero-order valence-electron chi connectivity index (χ0n) is 24.2. The zero-order chi connectivity index (χ0) is 30.6. The number of Topliss-reactive ketones (excluding diaryl/α,β-unsaturated/α-hetero) is 3. The Hall–Kier alpha value is -5.30. The Morgan fingerprint density at radius 2 is 1.45 bits per heavy atom. The lowest BCUT2D eigenvalue weighted by atomic mass is 9.64. The first-order valence-corrected chi connectivity index (χ1v) is 14.7. The summed E-state index contributed by atoms with van der Waals surface area (Å²) in [4.78, 5) is 58.0. The van der Waals surface area contributed by atoms with Crippen LogP contribution in [0.1, 0.15) is 62.0 Å². The van der Waals surface area contributed by atoms with Crippen molar-refractivity contribution in [3.05, 3.63) is 131 Å². The largest absolute Gasteiger partial charge is 0.494 e. The van der Waals surface area contributed by atoms with E-state index in [2.05, 4.69) is 0 Å². The van der Waals surface area contributed by atoms with E-state index < -0.39 is 29.4 Å². The minimum Gasteiger partial charge on any atom is -0.494 e. The van der Waals surface area contributed by atoms with Crippen molar-refractivity contribution >= 4 is 35.1 Å². The Kier molecular flexibility index (Phi) is 6.54. The summed E-state index contributed by atoms with van der Waals surface area (Å²) in [5, 5.41) is 0. The van der Waals surface area contributed by atoms with Gasteiger partial charge in [-0.3, -0.25) is 19.2 Å². The second-order valence-electron chi connectivity index (χ2n) is 11.2. The quantitative estimate of drug-likeness (QED) is 0.113. The van der Waals surface area contributed by atoms with Crippen molar-refractivity contribution in [3.63, 3.8) is 0 Å². The van der Waals surface area contributed by atoms with Crippen LogP contribution in [0.15, 0.2) is 103 Å². The summed E-state index contributed by atoms with van der Waals surface area (Å²) in [5.41, 5.74) is 1.74. The molecule has 0 bridgehead atoms. The van der Waals surface area contributed by atoms with E-state index in [0.717, 1.165) is 11.3 Å². The standard InChI is InChI=1S/C37H29NO6/c1-3-43-30-15-9-7-13-28(30)32-33(34(40)24-16-19-25(20-17-24)44-22(2)39)38-29-14-8-4-10-23(29)18-21-31(38)37(32)35(41)26-11-5-6-12-27(26)36(37)42/h4-21,31-33H,3H2,1-2H3/t31-,32+,33-/m1/s1. The zero-order valence-corrected chi connectivity index (χ0v) is 24.2. The Morgan fingerprint density at radius 3 is 2.14 bits per heavy atom. The highest BCUT2D eigenvalue weighted by Crippen LogP contribution is 2.62. The molecule has 0 amide bonds. The van der Waals surface area contributed by atoms with Gasteiger partial charge in [0.1, 0.15) is 23.0 Å². The summed E-state index contributed by atoms with van der Waals surface area (Å²) in [7, 11) is 0. The Morgan fingerprint density at radius 1 is 0.818 bits per heavy atom. The van der Waals surface area contributed by atoms with E-state index in [4.69, 9.17) is 9.47 Å². The molecule has 0 radical (unpaired) electrons. The molecule has 3 aliphatic rings. The van der Waals surface area contributed by atoms with E-state index in [0.29, 0.717) is 40.4 Å². The van der Waals surface area contributed by atoms with Crippen LogP contribution >= 0.6 is 0 Å². The van der Waals surface area contributed by atoms with Crippen LogP contribution in [0.3, 0.4) is 0 Å². The van der Waals surface area contributed by atoms with Gasteiger partial charge in [-0.2, -0.15) is 0 Å². The molecule has 1 saturated heterocycles. The van der Waals surface area contributed by atoms with Gasteiger partial charge in [-0.1, -0.05) is 72.8 Å². The molecule has 0 saturated carbocycles. The van der Waals surface area contributed by atoms with Crippen LogP contribution in [-0.4, -0.2) is 42.0 Å². The summed E-state index contributed by atoms with van der Waals surface area (Å²) in [6, 6.07) is 26.7. The van der Waals surface area contributed by atoms with Gasteiger partial charge in [-0.05, 0) is 48.9 Å². The summed E-state index contributed by atoms with van der Waals surface area (Å²) in [5.74, 6) is -1.38. The van der Waals surface area contributed by atoms with Crippen molar-refractivity contribution in [2.75, 3.05) is 11.5 Å². The average molecular weight is 584 g/mol. The Bertz CT molecular complexity index is 1840. The number of esters is 1. The lowest BCUT2D eigenvalue weighted by Gasteiger charge is -2.37. The first-order chi connectivity index (χ1) is 21.4. The number of para-hydroxylation sites is 2. The highest BCUT2D eigenvalue weighted by atomic mass is 16.5. The van der Waals surface area contributed by atoms with Crippen LogP contribution in [0.5, 0.6) is 11.5 Å². The number of anilines is 1. The number of ketones is 3. The second kappa shape index (κ2) is 10.5. The van der Waals surface area contributed by atoms with Gasteiger partial charge in [-0.25, -0.2) is 0 Å². The molecule has 1 aliphatic carbocycles. The molecule has 4 aromatic carbocycles. The third-order valence-electron chi connectivity index (χ3n) is 8.94. The van der Waals surface area contributed by atoms with Crippen molar-refractivity contribution in [1.82, 2.24) is 0 Å². The maximum Gasteiger partial charge on any atom is 0.308 e. The molecular formula is C37H29NO6. The lowest BCUT2D eigenvalue weighted by Crippen LogP contribution is -2.48. The lowest BCUT2D eigenvalue weighted by molar-refractivity contribution is -0.131. The van der Waals surface area contributed by atoms with E-state index in [-0.39, 0.29) is 17.3 Å². The van der Waals surface area contributed by atoms with Gasteiger partial charge in [0.15, 0.2) is 17.3 Å². The fraction of sp³-hybridized carbons (Fsp3) is 0.189. The molecule has 1 spiro atoms. The van der Waals surface area contributed by atoms with E-state index in [1.165, 1.54) is 6.92 Å². The first kappa shape index (κ1) is 27.5. The topological polar surface area (TPSA) is 90.0 Å². The van der Waals surface area contributed by atoms with Crippen molar-refractivity contribution in [1.29, 1.82) is 0 Å². The van der Waals surface area contributed by atoms with Gasteiger partial charge in [0.2, 0.25) is 0 Å². The highest BCUT2D eigenvalue weighted by Gasteiger charge is 2.71. The van der Waals surface area contributed by atoms with Gasteiger partial charge in [0.25, 0.3) is 0 Å². The van der Waals surface area contributed by atoms with Crippen molar-refractivity contribution in [3.8, 4) is 11.5 Å². The Balaban J connectivity index is 1.51. The van der Waals surface area contributed by atoms with Crippen LogP contribution in [0.4, 0.5) is 5.69 Å². The highest BCUT2D eigenvalue weighted by molar-refractivity contribution is 6.32. The number of rotatable bonds is 6. The molecule has 218 valence electrons. The number of carbonyl (C=O) groups excluding carboxylic acids is 4.